The fraction of sp³-hybridized carbons (Fsp3) is 0.263. The molecule has 0 saturated carbocycles. The molecule has 9 heteroatoms. The molecule has 1 aromatic heterocycles. The Balaban J connectivity index is 1.59. The first-order valence-corrected chi connectivity index (χ1v) is 8.61. The maximum absolute atomic E-state index is 13.6. The lowest BCUT2D eigenvalue weighted by Gasteiger charge is -2.21. The smallest absolute Gasteiger partial charge is 0.269 e. The van der Waals surface area contributed by atoms with E-state index in [4.69, 9.17) is 9.15 Å². The van der Waals surface area contributed by atoms with Crippen LogP contribution in [0.2, 0.25) is 0 Å². The van der Waals surface area contributed by atoms with Crippen LogP contribution in [0.4, 0.5) is 10.1 Å². The van der Waals surface area contributed by atoms with Crippen LogP contribution in [0.5, 0.6) is 5.75 Å². The third-order valence-corrected chi connectivity index (χ3v) is 4.32. The van der Waals surface area contributed by atoms with Crippen molar-refractivity contribution in [1.29, 1.82) is 0 Å². The van der Waals surface area contributed by atoms with Gasteiger partial charge in [0.25, 0.3) is 5.69 Å². The zero-order valence-electron chi connectivity index (χ0n) is 15.4. The number of para-hydroxylation sites is 1. The summed E-state index contributed by atoms with van der Waals surface area (Å²) in [5.41, 5.74) is 0.591. The number of ether oxygens (including phenoxy) is 1. The van der Waals surface area contributed by atoms with Crippen molar-refractivity contribution in [1.82, 2.24) is 15.1 Å². The van der Waals surface area contributed by atoms with Crippen molar-refractivity contribution >= 4 is 5.69 Å². The van der Waals surface area contributed by atoms with E-state index in [2.05, 4.69) is 10.2 Å². The van der Waals surface area contributed by atoms with E-state index in [0.717, 1.165) is 0 Å². The lowest BCUT2D eigenvalue weighted by Crippen LogP contribution is -2.27. The third kappa shape index (κ3) is 4.49. The first kappa shape index (κ1) is 19.4. The minimum atomic E-state index is -0.469. The summed E-state index contributed by atoms with van der Waals surface area (Å²) in [7, 11) is 1.87. The number of benzene rings is 2. The van der Waals surface area contributed by atoms with Crippen LogP contribution in [0, 0.1) is 15.9 Å². The number of aromatic nitrogens is 2. The van der Waals surface area contributed by atoms with Crippen LogP contribution in [0.3, 0.4) is 0 Å². The molecule has 1 heterocycles. The van der Waals surface area contributed by atoms with Crippen LogP contribution in [-0.4, -0.2) is 40.2 Å². The molecule has 2 aromatic carbocycles. The highest BCUT2D eigenvalue weighted by atomic mass is 19.1. The molecule has 1 unspecified atom stereocenters. The quantitative estimate of drug-likeness (QED) is 0.428. The highest BCUT2D eigenvalue weighted by Gasteiger charge is 2.19. The number of rotatable bonds is 8. The van der Waals surface area contributed by atoms with Crippen molar-refractivity contribution in [3.8, 4) is 17.2 Å². The summed E-state index contributed by atoms with van der Waals surface area (Å²) in [4.78, 5) is 12.2. The van der Waals surface area contributed by atoms with Gasteiger partial charge >= 0.3 is 0 Å². The Kier molecular flexibility index (Phi) is 5.95. The number of hydrogen-bond donors (Lipinski definition) is 0. The molecule has 0 aliphatic heterocycles. The van der Waals surface area contributed by atoms with Gasteiger partial charge in [-0.15, -0.1) is 10.2 Å². The van der Waals surface area contributed by atoms with Crippen molar-refractivity contribution in [2.75, 3.05) is 20.2 Å². The summed E-state index contributed by atoms with van der Waals surface area (Å²) in [5, 5.41) is 18.8. The molecule has 28 heavy (non-hydrogen) atoms. The highest BCUT2D eigenvalue weighted by Crippen LogP contribution is 2.25. The fourth-order valence-electron chi connectivity index (χ4n) is 2.49. The molecule has 0 spiro atoms. The fourth-order valence-corrected chi connectivity index (χ4v) is 2.49. The monoisotopic (exact) mass is 386 g/mol. The van der Waals surface area contributed by atoms with Crippen LogP contribution >= 0.6 is 0 Å². The molecule has 3 rings (SSSR count). The maximum atomic E-state index is 13.6. The first-order valence-electron chi connectivity index (χ1n) is 8.61. The van der Waals surface area contributed by atoms with Crippen molar-refractivity contribution in [2.24, 2.45) is 0 Å². The molecule has 0 bridgehead atoms. The Morgan fingerprint density at radius 2 is 1.93 bits per heavy atom. The lowest BCUT2D eigenvalue weighted by atomic mass is 10.2. The molecule has 8 nitrogen and oxygen atoms in total. The van der Waals surface area contributed by atoms with Gasteiger partial charge in [0, 0.05) is 24.2 Å². The number of hydrogen-bond acceptors (Lipinski definition) is 7. The molecule has 1 atom stereocenters. The lowest BCUT2D eigenvalue weighted by molar-refractivity contribution is -0.384. The predicted molar refractivity (Wildman–Crippen MR) is 99.3 cm³/mol. The van der Waals surface area contributed by atoms with Gasteiger partial charge in [0.05, 0.1) is 11.0 Å². The second kappa shape index (κ2) is 8.57. The van der Waals surface area contributed by atoms with E-state index < -0.39 is 10.7 Å². The summed E-state index contributed by atoms with van der Waals surface area (Å²) in [6.07, 6.45) is 0. The van der Waals surface area contributed by atoms with E-state index in [1.807, 2.05) is 18.9 Å². The van der Waals surface area contributed by atoms with E-state index in [1.54, 1.807) is 30.3 Å². The Hall–Kier alpha value is -3.33. The van der Waals surface area contributed by atoms with Gasteiger partial charge in [-0.3, -0.25) is 15.0 Å². The van der Waals surface area contributed by atoms with Gasteiger partial charge in [0.1, 0.15) is 6.61 Å². The zero-order valence-corrected chi connectivity index (χ0v) is 15.4. The Labute approximate surface area is 160 Å². The largest absolute Gasteiger partial charge is 0.489 e. The van der Waals surface area contributed by atoms with Gasteiger partial charge in [-0.25, -0.2) is 4.39 Å². The average Bonchev–Trinajstić information content (AvgIpc) is 3.19. The Morgan fingerprint density at radius 3 is 2.61 bits per heavy atom. The minimum absolute atomic E-state index is 0.00792. The summed E-state index contributed by atoms with van der Waals surface area (Å²) >= 11 is 0. The van der Waals surface area contributed by atoms with Crippen molar-refractivity contribution in [3.05, 3.63) is 70.4 Å². The molecule has 0 aliphatic rings. The minimum Gasteiger partial charge on any atom is -0.489 e. The summed E-state index contributed by atoms with van der Waals surface area (Å²) in [6.45, 7) is 2.71. The van der Waals surface area contributed by atoms with Crippen LogP contribution in [0.25, 0.3) is 11.5 Å². The normalized spacial score (nSPS) is 12.1. The number of non-ortho nitro benzene ring substituents is 1. The van der Waals surface area contributed by atoms with Crippen molar-refractivity contribution in [2.45, 2.75) is 13.0 Å². The molecule has 0 radical (unpaired) electrons. The van der Waals surface area contributed by atoms with Crippen molar-refractivity contribution < 1.29 is 18.5 Å². The van der Waals surface area contributed by atoms with Crippen LogP contribution in [0.1, 0.15) is 18.9 Å². The first-order chi connectivity index (χ1) is 13.5. The van der Waals surface area contributed by atoms with E-state index in [-0.39, 0.29) is 23.4 Å². The number of nitrogens with zero attached hydrogens (tertiary/aromatic N) is 4. The van der Waals surface area contributed by atoms with Gasteiger partial charge in [-0.1, -0.05) is 12.1 Å². The Bertz CT molecular complexity index is 945. The average molecular weight is 386 g/mol. The zero-order chi connectivity index (χ0) is 20.1. The van der Waals surface area contributed by atoms with E-state index >= 15 is 0 Å². The van der Waals surface area contributed by atoms with E-state index in [1.165, 1.54) is 18.2 Å². The highest BCUT2D eigenvalue weighted by molar-refractivity contribution is 5.55. The second-order valence-electron chi connectivity index (χ2n) is 6.18. The molecular weight excluding hydrogens is 367 g/mol. The number of likely N-dealkylation sites (N-methyl/N-ethyl adjacent to an activating group) is 1. The molecule has 0 fully saturated rings. The molecule has 146 valence electrons. The third-order valence-electron chi connectivity index (χ3n) is 4.32. The summed E-state index contributed by atoms with van der Waals surface area (Å²) in [6, 6.07) is 11.9. The van der Waals surface area contributed by atoms with Crippen LogP contribution < -0.4 is 4.74 Å². The Morgan fingerprint density at radius 1 is 1.21 bits per heavy atom. The topological polar surface area (TPSA) is 94.5 Å². The number of nitro benzene ring substituents is 1. The van der Waals surface area contributed by atoms with Crippen molar-refractivity contribution in [3.63, 3.8) is 0 Å². The number of nitro groups is 1. The van der Waals surface area contributed by atoms with E-state index in [0.29, 0.717) is 24.6 Å². The van der Waals surface area contributed by atoms with Gasteiger partial charge in [-0.2, -0.15) is 0 Å². The second-order valence-corrected chi connectivity index (χ2v) is 6.18. The summed E-state index contributed by atoms with van der Waals surface area (Å²) in [5.74, 6) is 0.499. The van der Waals surface area contributed by atoms with Crippen LogP contribution in [-0.2, 0) is 0 Å². The molecule has 0 aliphatic carbocycles. The summed E-state index contributed by atoms with van der Waals surface area (Å²) < 4.78 is 24.7. The van der Waals surface area contributed by atoms with Gasteiger partial charge in [-0.05, 0) is 38.2 Å². The van der Waals surface area contributed by atoms with Gasteiger partial charge in [0.2, 0.25) is 11.8 Å². The number of halogens is 1. The standard InChI is InChI=1S/C19H19FN4O4/c1-13(23(2)11-12-27-17-6-4-3-5-16(17)20)18-21-22-19(28-18)14-7-9-15(10-8-14)24(25)26/h3-10,13H,11-12H2,1-2H3. The van der Waals surface area contributed by atoms with Crippen LogP contribution in [0.15, 0.2) is 52.9 Å². The molecule has 0 N–H and O–H groups in total. The molecule has 0 amide bonds. The van der Waals surface area contributed by atoms with E-state index in [9.17, 15) is 14.5 Å². The molecular formula is C19H19FN4O4. The van der Waals surface area contributed by atoms with Gasteiger partial charge < -0.3 is 9.15 Å². The molecule has 0 saturated heterocycles. The predicted octanol–water partition coefficient (Wildman–Crippen LogP) is 3.86. The SMILES string of the molecule is CC(c1nnc(-c2ccc([N+](=O)[O-])cc2)o1)N(C)CCOc1ccccc1F. The van der Waals surface area contributed by atoms with Gasteiger partial charge in [0.15, 0.2) is 11.6 Å². The molecule has 3 aromatic rings. The maximum Gasteiger partial charge on any atom is 0.269 e.